The van der Waals surface area contributed by atoms with E-state index in [-0.39, 0.29) is 0 Å². The second-order valence-corrected chi connectivity index (χ2v) is 8.67. The number of hydrogen-bond donors (Lipinski definition) is 0. The van der Waals surface area contributed by atoms with Gasteiger partial charge in [-0.15, -0.1) is 0 Å². The first-order chi connectivity index (χ1) is 10.8. The number of ether oxygens (including phenoxy) is 1. The normalized spacial score (nSPS) is 13.9. The van der Waals surface area contributed by atoms with E-state index in [0.29, 0.717) is 21.6 Å². The Balaban J connectivity index is 1.91. The summed E-state index contributed by atoms with van der Waals surface area (Å²) in [5.74, 6) is 1.02. The van der Waals surface area contributed by atoms with Gasteiger partial charge in [0.25, 0.3) is 0 Å². The topological polar surface area (TPSA) is 9.23 Å². The summed E-state index contributed by atoms with van der Waals surface area (Å²) in [5, 5.41) is 2.57. The molecular formula is C19H13IOSe. The van der Waals surface area contributed by atoms with Gasteiger partial charge < -0.3 is 0 Å². The third-order valence-electron chi connectivity index (χ3n) is 3.68. The van der Waals surface area contributed by atoms with Crippen molar-refractivity contribution < 1.29 is 4.74 Å². The van der Waals surface area contributed by atoms with E-state index in [9.17, 15) is 0 Å². The van der Waals surface area contributed by atoms with Gasteiger partial charge in [-0.2, -0.15) is 0 Å². The number of fused-ring (bicyclic) bond motifs is 3. The van der Waals surface area contributed by atoms with Crippen LogP contribution in [0.3, 0.4) is 0 Å². The Kier molecular flexibility index (Phi) is 3.95. The number of benzene rings is 3. The molecule has 4 rings (SSSR count). The minimum atomic E-state index is 0.292. The third kappa shape index (κ3) is 2.58. The van der Waals surface area contributed by atoms with Crippen LogP contribution in [-0.2, 0) is 0 Å². The SMILES string of the molecule is IC1=C([Se]c2ccccc2)c2c(ccc3ccccc23)OC1. The molecule has 22 heavy (non-hydrogen) atoms. The van der Waals surface area contributed by atoms with E-state index in [1.807, 2.05) is 0 Å². The van der Waals surface area contributed by atoms with Crippen LogP contribution in [0.15, 0.2) is 70.3 Å². The van der Waals surface area contributed by atoms with Crippen LogP contribution in [0.2, 0.25) is 0 Å². The summed E-state index contributed by atoms with van der Waals surface area (Å²) < 4.78 is 10.1. The average Bonchev–Trinajstić information content (AvgIpc) is 2.58. The Morgan fingerprint density at radius 3 is 2.50 bits per heavy atom. The van der Waals surface area contributed by atoms with E-state index >= 15 is 0 Å². The molecule has 0 aromatic heterocycles. The van der Waals surface area contributed by atoms with Gasteiger partial charge in [0.2, 0.25) is 0 Å². The van der Waals surface area contributed by atoms with Gasteiger partial charge in [-0.3, -0.25) is 0 Å². The molecule has 3 aromatic carbocycles. The van der Waals surface area contributed by atoms with E-state index < -0.39 is 0 Å². The molecule has 1 aliphatic heterocycles. The molecular weight excluding hydrogens is 450 g/mol. The van der Waals surface area contributed by atoms with Gasteiger partial charge in [-0.1, -0.05) is 0 Å². The second kappa shape index (κ2) is 6.07. The van der Waals surface area contributed by atoms with Crippen molar-refractivity contribution in [2.24, 2.45) is 0 Å². The Morgan fingerprint density at radius 1 is 0.864 bits per heavy atom. The van der Waals surface area contributed by atoms with Crippen molar-refractivity contribution in [3.8, 4) is 5.75 Å². The van der Waals surface area contributed by atoms with Crippen LogP contribution in [-0.4, -0.2) is 21.6 Å². The molecule has 108 valence electrons. The molecule has 0 N–H and O–H groups in total. The molecule has 0 radical (unpaired) electrons. The first-order valence-corrected chi connectivity index (χ1v) is 9.88. The van der Waals surface area contributed by atoms with E-state index in [4.69, 9.17) is 4.74 Å². The molecule has 0 spiro atoms. The zero-order chi connectivity index (χ0) is 14.9. The van der Waals surface area contributed by atoms with Gasteiger partial charge in [0, 0.05) is 0 Å². The van der Waals surface area contributed by atoms with Crippen LogP contribution in [0.5, 0.6) is 5.75 Å². The average molecular weight is 463 g/mol. The van der Waals surface area contributed by atoms with Crippen LogP contribution < -0.4 is 9.20 Å². The number of rotatable bonds is 2. The Hall–Kier alpha value is -1.29. The molecule has 0 atom stereocenters. The van der Waals surface area contributed by atoms with Crippen molar-refractivity contribution in [1.29, 1.82) is 0 Å². The summed E-state index contributed by atoms with van der Waals surface area (Å²) in [7, 11) is 0. The molecule has 0 aliphatic carbocycles. The van der Waals surface area contributed by atoms with Crippen LogP contribution in [0.25, 0.3) is 15.2 Å². The van der Waals surface area contributed by atoms with Gasteiger partial charge in [-0.05, 0) is 0 Å². The summed E-state index contributed by atoms with van der Waals surface area (Å²) in [6.45, 7) is 0.690. The van der Waals surface area contributed by atoms with Crippen molar-refractivity contribution in [1.82, 2.24) is 0 Å². The summed E-state index contributed by atoms with van der Waals surface area (Å²) in [4.78, 5) is 0. The zero-order valence-corrected chi connectivity index (χ0v) is 15.6. The van der Waals surface area contributed by atoms with Crippen LogP contribution >= 0.6 is 22.6 Å². The molecule has 3 heteroatoms. The van der Waals surface area contributed by atoms with Crippen molar-refractivity contribution >= 4 is 57.3 Å². The Morgan fingerprint density at radius 2 is 1.64 bits per heavy atom. The van der Waals surface area contributed by atoms with Crippen molar-refractivity contribution in [2.45, 2.75) is 0 Å². The summed E-state index contributed by atoms with van der Waals surface area (Å²) in [6.07, 6.45) is 0. The van der Waals surface area contributed by atoms with Gasteiger partial charge in [0.15, 0.2) is 0 Å². The maximum absolute atomic E-state index is 5.96. The standard InChI is InChI=1S/C19H13IOSe/c20-16-12-21-17-11-10-13-6-4-5-9-15(13)18(17)19(16)22-14-7-2-1-3-8-14/h1-11H,12H2. The minimum absolute atomic E-state index is 0.292. The maximum atomic E-state index is 5.96. The van der Waals surface area contributed by atoms with E-state index in [1.165, 1.54) is 28.8 Å². The zero-order valence-electron chi connectivity index (χ0n) is 11.8. The number of hydrogen-bond acceptors (Lipinski definition) is 1. The van der Waals surface area contributed by atoms with Crippen LogP contribution in [0.4, 0.5) is 0 Å². The van der Waals surface area contributed by atoms with Crippen molar-refractivity contribution in [3.63, 3.8) is 0 Å². The summed E-state index contributed by atoms with van der Waals surface area (Å²) >= 11 is 2.74. The Bertz CT molecular complexity index is 871. The molecule has 1 heterocycles. The first-order valence-electron chi connectivity index (χ1n) is 7.09. The first kappa shape index (κ1) is 14.3. The molecule has 3 aromatic rings. The fraction of sp³-hybridized carbons (Fsp3) is 0.0526. The molecule has 0 fully saturated rings. The van der Waals surface area contributed by atoms with E-state index in [0.717, 1.165) is 5.75 Å². The van der Waals surface area contributed by atoms with Gasteiger partial charge in [0.1, 0.15) is 0 Å². The molecule has 0 unspecified atom stereocenters. The fourth-order valence-electron chi connectivity index (χ4n) is 2.66. The molecule has 0 saturated carbocycles. The second-order valence-electron chi connectivity index (χ2n) is 5.10. The number of halogens is 1. The van der Waals surface area contributed by atoms with Gasteiger partial charge in [-0.25, -0.2) is 0 Å². The van der Waals surface area contributed by atoms with Gasteiger partial charge >= 0.3 is 150 Å². The Labute approximate surface area is 149 Å². The van der Waals surface area contributed by atoms with Crippen LogP contribution in [0.1, 0.15) is 5.56 Å². The van der Waals surface area contributed by atoms with Crippen molar-refractivity contribution in [2.75, 3.05) is 6.61 Å². The monoisotopic (exact) mass is 464 g/mol. The predicted molar refractivity (Wildman–Crippen MR) is 102 cm³/mol. The molecule has 0 saturated heterocycles. The third-order valence-corrected chi connectivity index (χ3v) is 7.79. The van der Waals surface area contributed by atoms with Gasteiger partial charge in [0.05, 0.1) is 0 Å². The van der Waals surface area contributed by atoms with Crippen LogP contribution in [0, 0.1) is 0 Å². The predicted octanol–water partition coefficient (Wildman–Crippen LogP) is 4.37. The summed E-state index contributed by atoms with van der Waals surface area (Å²) in [5.41, 5.74) is 1.29. The molecule has 1 aliphatic rings. The fourth-order valence-corrected chi connectivity index (χ4v) is 5.78. The molecule has 0 bridgehead atoms. The quantitative estimate of drug-likeness (QED) is 0.406. The van der Waals surface area contributed by atoms with E-state index in [2.05, 4.69) is 89.3 Å². The molecule has 0 amide bonds. The van der Waals surface area contributed by atoms with E-state index in [1.54, 1.807) is 0 Å². The summed E-state index contributed by atoms with van der Waals surface area (Å²) in [6, 6.07) is 23.6. The van der Waals surface area contributed by atoms with Crippen molar-refractivity contribution in [3.05, 3.63) is 75.9 Å². The molecule has 1 nitrogen and oxygen atoms in total.